The third kappa shape index (κ3) is 3.24. The molecular weight excluding hydrogens is 248 g/mol. The van der Waals surface area contributed by atoms with Crippen molar-refractivity contribution in [3.8, 4) is 0 Å². The second-order valence-electron chi connectivity index (χ2n) is 4.99. The molecule has 2 rings (SSSR count). The Morgan fingerprint density at radius 2 is 1.78 bits per heavy atom. The highest BCUT2D eigenvalue weighted by atomic mass is 35.5. The smallest absolute Gasteiger partial charge is 0.242 e. The van der Waals surface area contributed by atoms with Crippen molar-refractivity contribution < 1.29 is 4.79 Å². The Balaban J connectivity index is 0.00000162. The molecule has 1 aromatic rings. The number of likely N-dealkylation sites (N-methyl/N-ethyl adjacent to an activating group) is 1. The summed E-state index contributed by atoms with van der Waals surface area (Å²) >= 11 is 0. The summed E-state index contributed by atoms with van der Waals surface area (Å²) in [4.78, 5) is 13.7. The van der Waals surface area contributed by atoms with Crippen molar-refractivity contribution in [2.24, 2.45) is 5.73 Å². The van der Waals surface area contributed by atoms with E-state index in [9.17, 15) is 4.79 Å². The molecule has 1 fully saturated rings. The number of benzene rings is 1. The molecule has 0 heterocycles. The van der Waals surface area contributed by atoms with E-state index in [2.05, 4.69) is 31.2 Å². The van der Waals surface area contributed by atoms with Gasteiger partial charge in [0, 0.05) is 13.6 Å². The van der Waals surface area contributed by atoms with Gasteiger partial charge in [0.05, 0.1) is 5.54 Å². The molecule has 3 nitrogen and oxygen atoms in total. The van der Waals surface area contributed by atoms with Crippen molar-refractivity contribution in [2.45, 2.75) is 38.3 Å². The van der Waals surface area contributed by atoms with Crippen molar-refractivity contribution in [1.29, 1.82) is 0 Å². The Bertz CT molecular complexity index is 412. The Morgan fingerprint density at radius 3 is 2.22 bits per heavy atom. The molecule has 0 aromatic heterocycles. The second kappa shape index (κ2) is 5.72. The lowest BCUT2D eigenvalue weighted by Crippen LogP contribution is -2.43. The largest absolute Gasteiger partial charge is 0.340 e. The van der Waals surface area contributed by atoms with Crippen LogP contribution in [0.3, 0.4) is 0 Å². The highest BCUT2D eigenvalue weighted by Crippen LogP contribution is 2.34. The van der Waals surface area contributed by atoms with Crippen molar-refractivity contribution in [2.75, 3.05) is 7.05 Å². The van der Waals surface area contributed by atoms with Crippen molar-refractivity contribution in [3.63, 3.8) is 0 Å². The summed E-state index contributed by atoms with van der Waals surface area (Å²) in [6, 6.07) is 8.39. The summed E-state index contributed by atoms with van der Waals surface area (Å²) in [5, 5.41) is 0. The van der Waals surface area contributed by atoms with Crippen LogP contribution in [-0.4, -0.2) is 23.4 Å². The molecule has 0 atom stereocenters. The third-order valence-corrected chi connectivity index (χ3v) is 3.41. The van der Waals surface area contributed by atoms with Crippen LogP contribution < -0.4 is 5.73 Å². The number of nitrogens with zero attached hydrogens (tertiary/aromatic N) is 1. The van der Waals surface area contributed by atoms with Gasteiger partial charge in [-0.3, -0.25) is 4.79 Å². The summed E-state index contributed by atoms with van der Waals surface area (Å²) in [5.41, 5.74) is 7.82. The Hall–Kier alpha value is -1.06. The van der Waals surface area contributed by atoms with E-state index in [0.29, 0.717) is 6.54 Å². The van der Waals surface area contributed by atoms with E-state index in [1.807, 2.05) is 7.05 Å². The SMILES string of the molecule is CCc1ccc(CN(C)C(=O)C2(N)CC2)cc1.Cl. The second-order valence-corrected chi connectivity index (χ2v) is 4.99. The molecule has 2 N–H and O–H groups in total. The summed E-state index contributed by atoms with van der Waals surface area (Å²) < 4.78 is 0. The normalized spacial score (nSPS) is 15.7. The van der Waals surface area contributed by atoms with Gasteiger partial charge in [0.2, 0.25) is 5.91 Å². The van der Waals surface area contributed by atoms with Crippen LogP contribution in [0.25, 0.3) is 0 Å². The van der Waals surface area contributed by atoms with Crippen molar-refractivity contribution in [3.05, 3.63) is 35.4 Å². The average Bonchev–Trinajstić information content (AvgIpc) is 3.08. The number of hydrogen-bond acceptors (Lipinski definition) is 2. The molecule has 1 aliphatic rings. The van der Waals surface area contributed by atoms with E-state index in [1.165, 1.54) is 5.56 Å². The Labute approximate surface area is 115 Å². The number of carbonyl (C=O) groups is 1. The van der Waals surface area contributed by atoms with Gasteiger partial charge in [-0.2, -0.15) is 0 Å². The minimum absolute atomic E-state index is 0. The van der Waals surface area contributed by atoms with E-state index < -0.39 is 5.54 Å². The molecule has 0 unspecified atom stereocenters. The lowest BCUT2D eigenvalue weighted by Gasteiger charge is -2.21. The molecule has 0 saturated heterocycles. The zero-order valence-corrected chi connectivity index (χ0v) is 11.8. The number of halogens is 1. The number of amides is 1. The van der Waals surface area contributed by atoms with Gasteiger partial charge in [-0.05, 0) is 30.4 Å². The maximum Gasteiger partial charge on any atom is 0.242 e. The maximum atomic E-state index is 12.0. The summed E-state index contributed by atoms with van der Waals surface area (Å²) in [7, 11) is 1.82. The van der Waals surface area contributed by atoms with Crippen LogP contribution in [0.15, 0.2) is 24.3 Å². The zero-order valence-electron chi connectivity index (χ0n) is 11.0. The summed E-state index contributed by atoms with van der Waals surface area (Å²) in [5.74, 6) is 0.0667. The highest BCUT2D eigenvalue weighted by molar-refractivity contribution is 5.88. The molecule has 100 valence electrons. The van der Waals surface area contributed by atoms with E-state index in [0.717, 1.165) is 24.8 Å². The Kier molecular flexibility index (Phi) is 4.77. The lowest BCUT2D eigenvalue weighted by atomic mass is 10.1. The monoisotopic (exact) mass is 268 g/mol. The van der Waals surface area contributed by atoms with Gasteiger partial charge in [-0.25, -0.2) is 0 Å². The van der Waals surface area contributed by atoms with Gasteiger partial charge in [-0.1, -0.05) is 31.2 Å². The van der Waals surface area contributed by atoms with Gasteiger partial charge in [0.25, 0.3) is 0 Å². The predicted molar refractivity (Wildman–Crippen MR) is 75.7 cm³/mol. The lowest BCUT2D eigenvalue weighted by molar-refractivity contribution is -0.132. The molecule has 0 aliphatic heterocycles. The molecule has 0 spiro atoms. The van der Waals surface area contributed by atoms with Gasteiger partial charge >= 0.3 is 0 Å². The molecule has 1 aliphatic carbocycles. The van der Waals surface area contributed by atoms with Crippen LogP contribution in [-0.2, 0) is 17.8 Å². The molecular formula is C14H21ClN2O. The number of carbonyl (C=O) groups excluding carboxylic acids is 1. The van der Waals surface area contributed by atoms with E-state index in [4.69, 9.17) is 5.73 Å². The van der Waals surface area contributed by atoms with Gasteiger partial charge < -0.3 is 10.6 Å². The molecule has 1 aromatic carbocycles. The molecule has 0 bridgehead atoms. The van der Waals surface area contributed by atoms with Gasteiger partial charge in [-0.15, -0.1) is 12.4 Å². The quantitative estimate of drug-likeness (QED) is 0.909. The first-order valence-corrected chi connectivity index (χ1v) is 6.17. The van der Waals surface area contributed by atoms with Crippen LogP contribution in [0.5, 0.6) is 0 Å². The number of aryl methyl sites for hydroxylation is 1. The fourth-order valence-corrected chi connectivity index (χ4v) is 1.95. The third-order valence-electron chi connectivity index (χ3n) is 3.41. The zero-order chi connectivity index (χ0) is 12.5. The van der Waals surface area contributed by atoms with E-state index in [1.54, 1.807) is 4.90 Å². The summed E-state index contributed by atoms with van der Waals surface area (Å²) in [6.45, 7) is 2.78. The average molecular weight is 269 g/mol. The first-order chi connectivity index (χ1) is 8.05. The van der Waals surface area contributed by atoms with Crippen LogP contribution in [0.1, 0.15) is 30.9 Å². The first-order valence-electron chi connectivity index (χ1n) is 6.17. The molecule has 18 heavy (non-hydrogen) atoms. The van der Waals surface area contributed by atoms with Gasteiger partial charge in [0.15, 0.2) is 0 Å². The van der Waals surface area contributed by atoms with Crippen molar-refractivity contribution in [1.82, 2.24) is 4.90 Å². The predicted octanol–water partition coefficient (Wildman–Crippen LogP) is 2.12. The van der Waals surface area contributed by atoms with E-state index >= 15 is 0 Å². The molecule has 1 saturated carbocycles. The minimum atomic E-state index is -0.557. The topological polar surface area (TPSA) is 46.3 Å². The Morgan fingerprint density at radius 1 is 1.28 bits per heavy atom. The van der Waals surface area contributed by atoms with Crippen molar-refractivity contribution >= 4 is 18.3 Å². The maximum absolute atomic E-state index is 12.0. The molecule has 0 radical (unpaired) electrons. The van der Waals surface area contributed by atoms with E-state index in [-0.39, 0.29) is 18.3 Å². The number of rotatable bonds is 4. The molecule has 1 amide bonds. The first kappa shape index (κ1) is 15.0. The van der Waals surface area contributed by atoms with Crippen LogP contribution in [0.4, 0.5) is 0 Å². The fraction of sp³-hybridized carbons (Fsp3) is 0.500. The van der Waals surface area contributed by atoms with Crippen LogP contribution >= 0.6 is 12.4 Å². The van der Waals surface area contributed by atoms with Gasteiger partial charge in [0.1, 0.15) is 0 Å². The highest BCUT2D eigenvalue weighted by Gasteiger charge is 2.47. The number of nitrogens with two attached hydrogens (primary N) is 1. The summed E-state index contributed by atoms with van der Waals surface area (Å²) in [6.07, 6.45) is 2.69. The standard InChI is InChI=1S/C14H20N2O.ClH/c1-3-11-4-6-12(7-5-11)10-16(2)13(17)14(15)8-9-14;/h4-7H,3,8-10,15H2,1-2H3;1H. The van der Waals surface area contributed by atoms with Crippen LogP contribution in [0.2, 0.25) is 0 Å². The molecule has 4 heteroatoms. The fourth-order valence-electron chi connectivity index (χ4n) is 1.95. The number of hydrogen-bond donors (Lipinski definition) is 1. The van der Waals surface area contributed by atoms with Crippen LogP contribution in [0, 0.1) is 0 Å². The minimum Gasteiger partial charge on any atom is -0.340 e.